The van der Waals surface area contributed by atoms with Crippen molar-refractivity contribution in [2.24, 2.45) is 11.8 Å². The number of rotatable bonds is 6. The van der Waals surface area contributed by atoms with Crippen molar-refractivity contribution < 1.29 is 28.8 Å². The molecule has 0 saturated heterocycles. The van der Waals surface area contributed by atoms with E-state index in [2.05, 4.69) is 23.9 Å². The van der Waals surface area contributed by atoms with Crippen molar-refractivity contribution in [3.8, 4) is 0 Å². The molecule has 152 valence electrons. The summed E-state index contributed by atoms with van der Waals surface area (Å²) in [6.45, 7) is 3.72. The van der Waals surface area contributed by atoms with E-state index >= 15 is 0 Å². The van der Waals surface area contributed by atoms with E-state index in [0.717, 1.165) is 44.6 Å². The van der Waals surface area contributed by atoms with Crippen molar-refractivity contribution in [3.05, 3.63) is 39.4 Å². The molecule has 0 heterocycles. The van der Waals surface area contributed by atoms with Gasteiger partial charge in [0.1, 0.15) is 0 Å². The van der Waals surface area contributed by atoms with Gasteiger partial charge in [0, 0.05) is 18.2 Å². The predicted molar refractivity (Wildman–Crippen MR) is 98.8 cm³/mol. The second-order valence-electron chi connectivity index (χ2n) is 7.03. The maximum Gasteiger partial charge on any atom is 0.338 e. The van der Waals surface area contributed by atoms with E-state index in [4.69, 9.17) is 4.74 Å². The normalized spacial score (nSPS) is 21.5. The second kappa shape index (κ2) is 9.29. The number of non-ortho nitro benzene ring substituents is 1. The van der Waals surface area contributed by atoms with Crippen LogP contribution in [0.5, 0.6) is 0 Å². The molecule has 0 aliphatic heterocycles. The number of methoxy groups -OCH3 is 1. The summed E-state index contributed by atoms with van der Waals surface area (Å²) in [5.74, 6) is -1.36. The van der Waals surface area contributed by atoms with Gasteiger partial charge in [-0.25, -0.2) is 9.59 Å². The zero-order valence-electron chi connectivity index (χ0n) is 16.1. The maximum absolute atomic E-state index is 12.2. The number of nitro groups is 1. The van der Waals surface area contributed by atoms with Gasteiger partial charge in [0.2, 0.25) is 0 Å². The summed E-state index contributed by atoms with van der Waals surface area (Å²) in [5, 5.41) is 13.9. The Hall–Kier alpha value is -2.97. The summed E-state index contributed by atoms with van der Waals surface area (Å²) in [6.07, 6.45) is 3.02. The van der Waals surface area contributed by atoms with Crippen LogP contribution in [0.2, 0.25) is 0 Å². The average Bonchev–Trinajstić information content (AvgIpc) is 2.68. The molecule has 1 aliphatic rings. The van der Waals surface area contributed by atoms with Crippen molar-refractivity contribution in [1.82, 2.24) is 5.32 Å². The zero-order chi connectivity index (χ0) is 20.8. The number of hydrogen-bond acceptors (Lipinski definition) is 7. The maximum atomic E-state index is 12.2. The van der Waals surface area contributed by atoms with Crippen molar-refractivity contribution in [2.75, 3.05) is 13.7 Å². The van der Waals surface area contributed by atoms with E-state index in [9.17, 15) is 24.5 Å². The van der Waals surface area contributed by atoms with Crippen molar-refractivity contribution in [3.63, 3.8) is 0 Å². The predicted octanol–water partition coefficient (Wildman–Crippen LogP) is 2.48. The van der Waals surface area contributed by atoms with Crippen LogP contribution in [0.15, 0.2) is 18.2 Å². The van der Waals surface area contributed by atoms with Gasteiger partial charge in [-0.3, -0.25) is 14.9 Å². The minimum absolute atomic E-state index is 0.0266. The van der Waals surface area contributed by atoms with E-state index in [-0.39, 0.29) is 17.2 Å². The Balaban J connectivity index is 2.02. The third-order valence-electron chi connectivity index (χ3n) is 5.17. The fourth-order valence-corrected chi connectivity index (χ4v) is 3.32. The van der Waals surface area contributed by atoms with Gasteiger partial charge < -0.3 is 14.8 Å². The monoisotopic (exact) mass is 392 g/mol. The first-order valence-corrected chi connectivity index (χ1v) is 9.07. The first kappa shape index (κ1) is 21.3. The number of carbonyl (C=O) groups excluding carboxylic acids is 3. The van der Waals surface area contributed by atoms with Crippen LogP contribution in [0.4, 0.5) is 5.69 Å². The molecule has 3 atom stereocenters. The molecule has 9 heteroatoms. The zero-order valence-corrected chi connectivity index (χ0v) is 16.1. The third-order valence-corrected chi connectivity index (χ3v) is 5.17. The van der Waals surface area contributed by atoms with Gasteiger partial charge in [-0.1, -0.05) is 26.7 Å². The van der Waals surface area contributed by atoms with Crippen LogP contribution in [0, 0.1) is 22.0 Å². The summed E-state index contributed by atoms with van der Waals surface area (Å²) in [4.78, 5) is 46.3. The molecular formula is C19H24N2O7. The van der Waals surface area contributed by atoms with Crippen LogP contribution in [0.3, 0.4) is 0 Å². The van der Waals surface area contributed by atoms with Crippen molar-refractivity contribution in [1.29, 1.82) is 0 Å². The number of nitrogens with one attached hydrogen (secondary N) is 1. The Morgan fingerprint density at radius 2 is 1.79 bits per heavy atom. The van der Waals surface area contributed by atoms with E-state index in [0.29, 0.717) is 11.8 Å². The van der Waals surface area contributed by atoms with Crippen LogP contribution in [0.25, 0.3) is 0 Å². The SMILES string of the molecule is COC(=O)c1cc(C(=O)OCC(=O)N[C@@H]2CCC[C@@H](C)[C@H]2C)cc([N+](=O)[O-])c1. The quantitative estimate of drug-likeness (QED) is 0.448. The standard InChI is InChI=1S/C19H24N2O7/c1-11-5-4-6-16(12(11)2)20-17(22)10-28-19(24)14-7-13(18(23)27-3)8-15(9-14)21(25)26/h7-9,11-12,16H,4-6,10H2,1-3H3,(H,20,22)/t11-,12-,16-/m1/s1. The molecule has 0 radical (unpaired) electrons. The van der Waals surface area contributed by atoms with Gasteiger partial charge in [-0.2, -0.15) is 0 Å². The topological polar surface area (TPSA) is 125 Å². The summed E-state index contributed by atoms with van der Waals surface area (Å²) >= 11 is 0. The minimum Gasteiger partial charge on any atom is -0.465 e. The molecule has 1 saturated carbocycles. The molecule has 2 rings (SSSR count). The fraction of sp³-hybridized carbons (Fsp3) is 0.526. The molecular weight excluding hydrogens is 368 g/mol. The lowest BCUT2D eigenvalue weighted by Gasteiger charge is -2.34. The van der Waals surface area contributed by atoms with E-state index in [1.165, 1.54) is 0 Å². The Kier molecular flexibility index (Phi) is 7.08. The number of ether oxygens (including phenoxy) is 2. The van der Waals surface area contributed by atoms with Gasteiger partial charge >= 0.3 is 11.9 Å². The molecule has 0 unspecified atom stereocenters. The van der Waals surface area contributed by atoms with E-state index in [1.54, 1.807) is 0 Å². The van der Waals surface area contributed by atoms with E-state index < -0.39 is 35.1 Å². The van der Waals surface area contributed by atoms with Crippen LogP contribution < -0.4 is 5.32 Å². The van der Waals surface area contributed by atoms with Gasteiger partial charge in [0.15, 0.2) is 6.61 Å². The Morgan fingerprint density at radius 3 is 2.39 bits per heavy atom. The molecule has 1 fully saturated rings. The highest BCUT2D eigenvalue weighted by atomic mass is 16.6. The van der Waals surface area contributed by atoms with Gasteiger partial charge in [0.05, 0.1) is 23.2 Å². The molecule has 0 bridgehead atoms. The lowest BCUT2D eigenvalue weighted by Crippen LogP contribution is -2.45. The molecule has 1 aromatic carbocycles. The first-order chi connectivity index (χ1) is 13.2. The smallest absolute Gasteiger partial charge is 0.338 e. The number of nitrogens with zero attached hydrogens (tertiary/aromatic N) is 1. The highest BCUT2D eigenvalue weighted by Gasteiger charge is 2.28. The Labute approximate surface area is 162 Å². The summed E-state index contributed by atoms with van der Waals surface area (Å²) in [5.41, 5.74) is -0.815. The second-order valence-corrected chi connectivity index (χ2v) is 7.03. The molecule has 1 aromatic rings. The van der Waals surface area contributed by atoms with Gasteiger partial charge in [-0.05, 0) is 24.3 Å². The minimum atomic E-state index is -0.936. The van der Waals surface area contributed by atoms with Crippen LogP contribution in [-0.4, -0.2) is 42.5 Å². The van der Waals surface area contributed by atoms with Crippen LogP contribution in [0.1, 0.15) is 53.8 Å². The largest absolute Gasteiger partial charge is 0.465 e. The molecule has 9 nitrogen and oxygen atoms in total. The molecule has 1 aliphatic carbocycles. The number of carbonyl (C=O) groups is 3. The highest BCUT2D eigenvalue weighted by Crippen LogP contribution is 2.29. The van der Waals surface area contributed by atoms with E-state index in [1.807, 2.05) is 0 Å². The van der Waals surface area contributed by atoms with Gasteiger partial charge in [-0.15, -0.1) is 0 Å². The lowest BCUT2D eigenvalue weighted by atomic mass is 9.78. The Bertz CT molecular complexity index is 778. The summed E-state index contributed by atoms with van der Waals surface area (Å²) in [6, 6.07) is 3.14. The van der Waals surface area contributed by atoms with Crippen molar-refractivity contribution >= 4 is 23.5 Å². The fourth-order valence-electron chi connectivity index (χ4n) is 3.32. The molecule has 0 aromatic heterocycles. The average molecular weight is 392 g/mol. The van der Waals surface area contributed by atoms with Crippen LogP contribution in [-0.2, 0) is 14.3 Å². The molecule has 1 amide bonds. The summed E-state index contributed by atoms with van der Waals surface area (Å²) in [7, 11) is 1.12. The molecule has 0 spiro atoms. The van der Waals surface area contributed by atoms with Crippen LogP contribution >= 0.6 is 0 Å². The lowest BCUT2D eigenvalue weighted by molar-refractivity contribution is -0.384. The van der Waals surface area contributed by atoms with Gasteiger partial charge in [0.25, 0.3) is 11.6 Å². The first-order valence-electron chi connectivity index (χ1n) is 9.07. The number of esters is 2. The molecule has 1 N–H and O–H groups in total. The highest BCUT2D eigenvalue weighted by molar-refractivity contribution is 5.97. The number of benzene rings is 1. The van der Waals surface area contributed by atoms with Crippen molar-refractivity contribution in [2.45, 2.75) is 39.2 Å². The summed E-state index contributed by atoms with van der Waals surface area (Å²) < 4.78 is 9.50. The number of nitro benzene ring substituents is 1. The third kappa shape index (κ3) is 5.28. The number of amides is 1. The Morgan fingerprint density at radius 1 is 1.14 bits per heavy atom. The number of hydrogen-bond donors (Lipinski definition) is 1. The molecule has 28 heavy (non-hydrogen) atoms.